The highest BCUT2D eigenvalue weighted by atomic mass is 35.5. The number of hydrogen-bond acceptors (Lipinski definition) is 14. The Kier molecular flexibility index (Phi) is 32.1. The molecular formula is C96H96Cl2N2O12Si5. The summed E-state index contributed by atoms with van der Waals surface area (Å²) >= 11 is 11.6. The van der Waals surface area contributed by atoms with Crippen molar-refractivity contribution >= 4 is 139 Å². The quantitative estimate of drug-likeness (QED) is 0.0501. The van der Waals surface area contributed by atoms with Crippen molar-refractivity contribution in [2.45, 2.75) is 59.0 Å². The third-order valence-corrected chi connectivity index (χ3v) is 36.3. The zero-order chi connectivity index (χ0) is 85.4. The lowest BCUT2D eigenvalue weighted by Gasteiger charge is -2.30. The number of halogens is 2. The van der Waals surface area contributed by atoms with Crippen LogP contribution in [0.4, 0.5) is 11.4 Å². The summed E-state index contributed by atoms with van der Waals surface area (Å²) in [5, 5.41) is 11.1. The van der Waals surface area contributed by atoms with E-state index in [0.717, 1.165) is 27.3 Å². The van der Waals surface area contributed by atoms with E-state index in [-0.39, 0.29) is 60.7 Å². The first-order valence-electron chi connectivity index (χ1n) is 37.8. The molecular weight excluding hydrogens is 1580 g/mol. The minimum atomic E-state index is -3.51. The van der Waals surface area contributed by atoms with Crippen LogP contribution in [-0.2, 0) is 6.61 Å². The fourth-order valence-electron chi connectivity index (χ4n) is 12.8. The first kappa shape index (κ1) is 90.9. The summed E-state index contributed by atoms with van der Waals surface area (Å²) in [5.74, 6) is 0.673. The standard InChI is InChI=1S/C26H20O2Si.C20H26N2O2Si.C18H20O4Si.C16H14Cl2O2Si.C16H16O2Si/c27-25(21-13-5-1-6-14-21)29(23-17-9-3-10-18-23,24-19-11-4-12-20-24)26(28)22-15-7-2-8-16-22;1-21(2)17-11-7-15(8-12-17)19(23)25(5,6)20(24)16-9-13-18(14-10-16)22(3)4;1-22-16-10-8-15(9-11-16)18(21)23(2,3)17(20)14-6-4-13(12-19)5-7-14;1-21(2,15(19)11-3-7-13(17)8-4-11)16(20)12-5-9-14(18)10-6-12;1-19(2,15(17)13-9-5-3-6-10-13)16(18)14-11-7-4-8-12-14/h1-20H;7-14H,1-6H3;4-11,19H,12H2,1-3H3;3-10H,1-2H3;3-12H,1-2H3. The van der Waals surface area contributed by atoms with Gasteiger partial charge in [-0.25, -0.2) is 0 Å². The molecule has 0 amide bonds. The molecule has 12 aromatic rings. The second-order valence-corrected chi connectivity index (χ2v) is 51.3. The number of aliphatic hydroxyl groups is 1. The van der Waals surface area contributed by atoms with Crippen LogP contribution in [0.1, 0.15) is 109 Å². The Labute approximate surface area is 700 Å². The predicted molar refractivity (Wildman–Crippen MR) is 487 cm³/mol. The van der Waals surface area contributed by atoms with Crippen LogP contribution in [-0.4, -0.2) is 135 Å². The van der Waals surface area contributed by atoms with E-state index in [1.807, 2.05) is 246 Å². The maximum atomic E-state index is 14.1. The van der Waals surface area contributed by atoms with E-state index in [9.17, 15) is 47.9 Å². The van der Waals surface area contributed by atoms with Gasteiger partial charge in [-0.15, -0.1) is 0 Å². The lowest BCUT2D eigenvalue weighted by molar-refractivity contribution is 0.101. The number of methoxy groups -OCH3 is 1. The molecule has 1 N–H and O–H groups in total. The van der Waals surface area contributed by atoms with Gasteiger partial charge in [0.15, 0.2) is 10.8 Å². The highest BCUT2D eigenvalue weighted by Gasteiger charge is 2.53. The maximum Gasteiger partial charge on any atom is 0.279 e. The minimum absolute atomic E-state index is 0.0121. The number of benzene rings is 12. The molecule has 117 heavy (non-hydrogen) atoms. The number of ether oxygens (including phenoxy) is 1. The highest BCUT2D eigenvalue weighted by Crippen LogP contribution is 2.28. The van der Waals surface area contributed by atoms with Gasteiger partial charge >= 0.3 is 0 Å². The zero-order valence-electron chi connectivity index (χ0n) is 68.0. The maximum absolute atomic E-state index is 14.1. The van der Waals surface area contributed by atoms with Gasteiger partial charge in [0.2, 0.25) is 32.3 Å². The van der Waals surface area contributed by atoms with Gasteiger partial charge in [-0.2, -0.15) is 0 Å². The van der Waals surface area contributed by atoms with Gasteiger partial charge in [0.1, 0.15) is 49.0 Å². The molecule has 596 valence electrons. The van der Waals surface area contributed by atoms with E-state index < -0.39 is 40.4 Å². The van der Waals surface area contributed by atoms with Gasteiger partial charge in [0.25, 0.3) is 8.07 Å². The number of carbonyl (C=O) groups excluding carboxylic acids is 10. The molecule has 0 bridgehead atoms. The normalized spacial score (nSPS) is 11.1. The Bertz CT molecular complexity index is 5080. The largest absolute Gasteiger partial charge is 0.497 e. The first-order chi connectivity index (χ1) is 55.6. The van der Waals surface area contributed by atoms with E-state index in [4.69, 9.17) is 33.0 Å². The second kappa shape index (κ2) is 41.3. The third-order valence-electron chi connectivity index (χ3n) is 20.0. The van der Waals surface area contributed by atoms with Gasteiger partial charge in [0.05, 0.1) is 13.7 Å². The highest BCUT2D eigenvalue weighted by molar-refractivity contribution is 7.40. The van der Waals surface area contributed by atoms with E-state index in [1.54, 1.807) is 179 Å². The van der Waals surface area contributed by atoms with Crippen LogP contribution < -0.4 is 24.9 Å². The molecule has 12 aromatic carbocycles. The molecule has 0 saturated carbocycles. The van der Waals surface area contributed by atoms with Gasteiger partial charge in [-0.1, -0.05) is 306 Å². The van der Waals surface area contributed by atoms with Crippen LogP contribution in [0.3, 0.4) is 0 Å². The number of carbonyl (C=O) groups is 10. The predicted octanol–water partition coefficient (Wildman–Crippen LogP) is 19.2. The van der Waals surface area contributed by atoms with E-state index >= 15 is 0 Å². The number of aliphatic hydroxyl groups excluding tert-OH is 1. The molecule has 0 radical (unpaired) electrons. The molecule has 0 aliphatic heterocycles. The summed E-state index contributed by atoms with van der Waals surface area (Å²) in [4.78, 5) is 134. The molecule has 0 atom stereocenters. The SMILES string of the molecule is CN(C)c1ccc(C(=O)[Si](C)(C)C(=O)c2ccc(N(C)C)cc2)cc1.COc1ccc(C(=O)[Si](C)(C)C(=O)c2ccc(CO)cc2)cc1.C[Si](C)(C(=O)c1ccc(Cl)cc1)C(=O)c1ccc(Cl)cc1.C[Si](C)(C(=O)c1ccccc1)C(=O)c1ccccc1.O=C(c1ccccc1)[Si](C(=O)c1ccccc1)(c1ccccc1)c1ccccc1. The van der Waals surface area contributed by atoms with Crippen molar-refractivity contribution < 1.29 is 57.8 Å². The molecule has 0 saturated heterocycles. The number of hydrogen-bond donors (Lipinski definition) is 1. The van der Waals surface area contributed by atoms with Crippen molar-refractivity contribution in [1.29, 1.82) is 0 Å². The first-order valence-corrected chi connectivity index (χ1v) is 52.6. The van der Waals surface area contributed by atoms with Crippen molar-refractivity contribution in [1.82, 2.24) is 0 Å². The minimum Gasteiger partial charge on any atom is -0.497 e. The molecule has 21 heteroatoms. The van der Waals surface area contributed by atoms with E-state index in [2.05, 4.69) is 0 Å². The van der Waals surface area contributed by atoms with Crippen LogP contribution in [0.15, 0.2) is 328 Å². The number of anilines is 2. The van der Waals surface area contributed by atoms with Crippen LogP contribution in [0.5, 0.6) is 5.75 Å². The Morgan fingerprint density at radius 3 is 0.667 bits per heavy atom. The monoisotopic (exact) mass is 1680 g/mol. The van der Waals surface area contributed by atoms with E-state index in [1.165, 1.54) is 0 Å². The van der Waals surface area contributed by atoms with Crippen molar-refractivity contribution in [3.63, 3.8) is 0 Å². The third kappa shape index (κ3) is 22.5. The smallest absolute Gasteiger partial charge is 0.279 e. The van der Waals surface area contributed by atoms with Crippen molar-refractivity contribution in [3.8, 4) is 5.75 Å². The van der Waals surface area contributed by atoms with Crippen LogP contribution >= 0.6 is 23.2 Å². The Morgan fingerprint density at radius 2 is 0.453 bits per heavy atom. The van der Waals surface area contributed by atoms with Gasteiger partial charge < -0.3 is 19.6 Å². The molecule has 0 unspecified atom stereocenters. The average Bonchev–Trinajstić information content (AvgIpc) is 0.733. The van der Waals surface area contributed by atoms with Crippen molar-refractivity contribution in [2.24, 2.45) is 0 Å². The van der Waals surface area contributed by atoms with Crippen LogP contribution in [0, 0.1) is 0 Å². The molecule has 0 aliphatic rings. The fourth-order valence-corrected chi connectivity index (χ4v) is 25.1. The van der Waals surface area contributed by atoms with Gasteiger partial charge in [-0.05, 0) is 113 Å². The summed E-state index contributed by atoms with van der Waals surface area (Å²) in [6, 6.07) is 97.3. The lowest BCUT2D eigenvalue weighted by atomic mass is 10.1. The average molecular weight is 1680 g/mol. The summed E-state index contributed by atoms with van der Waals surface area (Å²) in [6.45, 7) is 14.3. The fraction of sp³-hybridized carbons (Fsp3) is 0.146. The summed E-state index contributed by atoms with van der Waals surface area (Å²) in [7, 11) is -5.20. The van der Waals surface area contributed by atoms with Gasteiger partial charge in [-0.3, -0.25) is 47.9 Å². The summed E-state index contributed by atoms with van der Waals surface area (Å²) in [5.41, 5.74) is 8.51. The Morgan fingerprint density at radius 1 is 0.265 bits per heavy atom. The number of nitrogens with zero attached hydrogens (tertiary/aromatic N) is 2. The topological polar surface area (TPSA) is 207 Å². The van der Waals surface area contributed by atoms with Crippen molar-refractivity contribution in [3.05, 3.63) is 399 Å². The van der Waals surface area contributed by atoms with Crippen LogP contribution in [0.2, 0.25) is 62.4 Å². The molecule has 0 spiro atoms. The summed E-state index contributed by atoms with van der Waals surface area (Å²) in [6.07, 6.45) is 0. The Balaban J connectivity index is 0.000000184. The Hall–Kier alpha value is -11.6. The molecule has 14 nitrogen and oxygen atoms in total. The number of rotatable bonds is 26. The van der Waals surface area contributed by atoms with Crippen LogP contribution in [0.25, 0.3) is 0 Å². The zero-order valence-corrected chi connectivity index (χ0v) is 74.5. The second-order valence-electron chi connectivity index (χ2n) is 30.2. The van der Waals surface area contributed by atoms with Crippen molar-refractivity contribution in [2.75, 3.05) is 45.1 Å². The summed E-state index contributed by atoms with van der Waals surface area (Å²) < 4.78 is 5.09. The van der Waals surface area contributed by atoms with Gasteiger partial charge in [0, 0.05) is 105 Å². The molecule has 0 aliphatic carbocycles. The molecule has 0 fully saturated rings. The lowest BCUT2D eigenvalue weighted by Crippen LogP contribution is -2.70. The molecule has 12 rings (SSSR count). The molecule has 0 aromatic heterocycles. The van der Waals surface area contributed by atoms with E-state index in [0.29, 0.717) is 71.4 Å². The molecule has 0 heterocycles.